The van der Waals surface area contributed by atoms with Crippen LogP contribution in [0, 0.1) is 0 Å². The lowest BCUT2D eigenvalue weighted by molar-refractivity contribution is -0.0498. The summed E-state index contributed by atoms with van der Waals surface area (Å²) in [7, 11) is 0. The molecule has 5 heteroatoms. The Hall–Kier alpha value is -1.36. The van der Waals surface area contributed by atoms with E-state index >= 15 is 0 Å². The van der Waals surface area contributed by atoms with Crippen LogP contribution in [0.5, 0.6) is 5.75 Å². The minimum atomic E-state index is -2.79. The quantitative estimate of drug-likeness (QED) is 0.882. The smallest absolute Gasteiger partial charge is 0.387 e. The third kappa shape index (κ3) is 3.30. The predicted octanol–water partition coefficient (Wildman–Crippen LogP) is 2.88. The fourth-order valence-corrected chi connectivity index (χ4v) is 1.90. The molecule has 1 heterocycles. The maximum absolute atomic E-state index is 12.1. The van der Waals surface area contributed by atoms with Crippen LogP contribution in [0.4, 0.5) is 14.5 Å². The summed E-state index contributed by atoms with van der Waals surface area (Å²) in [5.41, 5.74) is 0.769. The van der Waals surface area contributed by atoms with E-state index in [1.54, 1.807) is 12.1 Å². The van der Waals surface area contributed by atoms with Gasteiger partial charge in [0.15, 0.2) is 0 Å². The van der Waals surface area contributed by atoms with Crippen molar-refractivity contribution in [2.75, 3.05) is 11.9 Å². The maximum atomic E-state index is 12.1. The van der Waals surface area contributed by atoms with Crippen LogP contribution in [0.15, 0.2) is 24.3 Å². The summed E-state index contributed by atoms with van der Waals surface area (Å²) < 4.78 is 33.9. The van der Waals surface area contributed by atoms with E-state index in [0.717, 1.165) is 18.7 Å². The molecule has 1 aromatic rings. The highest BCUT2D eigenvalue weighted by atomic mass is 19.3. The summed E-state index contributed by atoms with van der Waals surface area (Å²) in [6.07, 6.45) is 1.05. The van der Waals surface area contributed by atoms with Gasteiger partial charge >= 0.3 is 6.61 Å². The Morgan fingerprint density at radius 3 is 2.94 bits per heavy atom. The molecule has 0 bridgehead atoms. The fourth-order valence-electron chi connectivity index (χ4n) is 1.90. The molecular weight excluding hydrogens is 228 g/mol. The monoisotopic (exact) mass is 243 g/mol. The Morgan fingerprint density at radius 1 is 1.47 bits per heavy atom. The molecule has 0 amide bonds. The van der Waals surface area contributed by atoms with Gasteiger partial charge in [-0.2, -0.15) is 8.78 Å². The number of anilines is 1. The lowest BCUT2D eigenvalue weighted by Gasteiger charge is -2.17. The van der Waals surface area contributed by atoms with Crippen molar-refractivity contribution >= 4 is 5.69 Å². The Morgan fingerprint density at radius 2 is 2.29 bits per heavy atom. The highest BCUT2D eigenvalue weighted by molar-refractivity contribution is 5.49. The van der Waals surface area contributed by atoms with Gasteiger partial charge < -0.3 is 14.8 Å². The highest BCUT2D eigenvalue weighted by Gasteiger charge is 2.23. The van der Waals surface area contributed by atoms with Gasteiger partial charge in [-0.15, -0.1) is 0 Å². The van der Waals surface area contributed by atoms with Crippen LogP contribution in [0.3, 0.4) is 0 Å². The second-order valence-corrected chi connectivity index (χ2v) is 4.02. The first-order valence-corrected chi connectivity index (χ1v) is 5.58. The molecule has 1 fully saturated rings. The van der Waals surface area contributed by atoms with E-state index in [1.807, 2.05) is 13.0 Å². The van der Waals surface area contributed by atoms with Gasteiger partial charge in [0.05, 0.1) is 12.1 Å². The van der Waals surface area contributed by atoms with Gasteiger partial charge in [-0.25, -0.2) is 0 Å². The van der Waals surface area contributed by atoms with Crippen molar-refractivity contribution in [2.24, 2.45) is 0 Å². The minimum absolute atomic E-state index is 0.134. The first kappa shape index (κ1) is 12.1. The number of ether oxygens (including phenoxy) is 2. The van der Waals surface area contributed by atoms with Gasteiger partial charge in [-0.1, -0.05) is 6.07 Å². The molecule has 0 saturated carbocycles. The molecule has 0 spiro atoms. The van der Waals surface area contributed by atoms with E-state index in [-0.39, 0.29) is 17.9 Å². The van der Waals surface area contributed by atoms with Gasteiger partial charge in [-0.05, 0) is 25.5 Å². The summed E-state index contributed by atoms with van der Waals surface area (Å²) >= 11 is 0. The molecule has 1 aromatic carbocycles. The van der Waals surface area contributed by atoms with Crippen molar-refractivity contribution in [3.05, 3.63) is 24.3 Å². The molecule has 17 heavy (non-hydrogen) atoms. The minimum Gasteiger partial charge on any atom is -0.435 e. The highest BCUT2D eigenvalue weighted by Crippen LogP contribution is 2.23. The van der Waals surface area contributed by atoms with Crippen molar-refractivity contribution in [1.29, 1.82) is 0 Å². The van der Waals surface area contributed by atoms with Crippen LogP contribution < -0.4 is 10.1 Å². The van der Waals surface area contributed by atoms with Crippen molar-refractivity contribution in [3.8, 4) is 5.75 Å². The van der Waals surface area contributed by atoms with Crippen LogP contribution >= 0.6 is 0 Å². The third-order valence-electron chi connectivity index (χ3n) is 2.79. The summed E-state index contributed by atoms with van der Waals surface area (Å²) in [4.78, 5) is 0. The molecule has 94 valence electrons. The predicted molar refractivity (Wildman–Crippen MR) is 60.5 cm³/mol. The molecule has 1 saturated heterocycles. The summed E-state index contributed by atoms with van der Waals surface area (Å²) in [5, 5.41) is 3.25. The van der Waals surface area contributed by atoms with Crippen molar-refractivity contribution in [1.82, 2.24) is 0 Å². The van der Waals surface area contributed by atoms with Crippen molar-refractivity contribution < 1.29 is 18.3 Å². The first-order valence-electron chi connectivity index (χ1n) is 5.58. The van der Waals surface area contributed by atoms with Crippen LogP contribution in [-0.2, 0) is 4.74 Å². The molecule has 0 aromatic heterocycles. The third-order valence-corrected chi connectivity index (χ3v) is 2.79. The topological polar surface area (TPSA) is 30.5 Å². The average molecular weight is 243 g/mol. The van der Waals surface area contributed by atoms with E-state index in [0.29, 0.717) is 0 Å². The lowest BCUT2D eigenvalue weighted by Crippen LogP contribution is -2.26. The fraction of sp³-hybridized carbons (Fsp3) is 0.500. The lowest BCUT2D eigenvalue weighted by atomic mass is 10.1. The van der Waals surface area contributed by atoms with Crippen molar-refractivity contribution in [3.63, 3.8) is 0 Å². The average Bonchev–Trinajstić information content (AvgIpc) is 2.64. The van der Waals surface area contributed by atoms with E-state index in [2.05, 4.69) is 10.1 Å². The van der Waals surface area contributed by atoms with Gasteiger partial charge in [0.25, 0.3) is 0 Å². The Kier molecular flexibility index (Phi) is 3.78. The molecule has 0 aliphatic carbocycles. The van der Waals surface area contributed by atoms with E-state index < -0.39 is 6.61 Å². The van der Waals surface area contributed by atoms with E-state index in [1.165, 1.54) is 6.07 Å². The zero-order chi connectivity index (χ0) is 12.3. The Balaban J connectivity index is 2.00. The Bertz CT molecular complexity index is 373. The van der Waals surface area contributed by atoms with Gasteiger partial charge in [0, 0.05) is 18.4 Å². The van der Waals surface area contributed by atoms with Crippen LogP contribution in [-0.4, -0.2) is 25.4 Å². The molecule has 1 N–H and O–H groups in total. The van der Waals surface area contributed by atoms with Gasteiger partial charge in [-0.3, -0.25) is 0 Å². The number of hydrogen-bond donors (Lipinski definition) is 1. The molecule has 1 aliphatic heterocycles. The number of alkyl halides is 2. The zero-order valence-corrected chi connectivity index (χ0v) is 9.53. The van der Waals surface area contributed by atoms with Crippen LogP contribution in [0.1, 0.15) is 13.3 Å². The summed E-state index contributed by atoms with van der Waals surface area (Å²) in [6, 6.07) is 6.80. The van der Waals surface area contributed by atoms with E-state index in [9.17, 15) is 8.78 Å². The maximum Gasteiger partial charge on any atom is 0.387 e. The first-order chi connectivity index (χ1) is 8.15. The van der Waals surface area contributed by atoms with Crippen molar-refractivity contribution in [2.45, 2.75) is 32.1 Å². The largest absolute Gasteiger partial charge is 0.435 e. The molecule has 2 unspecified atom stereocenters. The summed E-state index contributed by atoms with van der Waals surface area (Å²) in [6.45, 7) is -0.0741. The zero-order valence-electron chi connectivity index (χ0n) is 9.53. The molecule has 2 rings (SSSR count). The van der Waals surface area contributed by atoms with Crippen LogP contribution in [0.2, 0.25) is 0 Å². The Labute approximate surface area is 98.7 Å². The number of hydrogen-bond acceptors (Lipinski definition) is 3. The SMILES string of the molecule is CC1OCCC1Nc1cccc(OC(F)F)c1. The number of halogens is 2. The molecule has 0 radical (unpaired) electrons. The number of benzene rings is 1. The summed E-state index contributed by atoms with van der Waals surface area (Å²) in [5.74, 6) is 0.163. The second kappa shape index (κ2) is 5.31. The molecular formula is C12H15F2NO2. The standard InChI is InChI=1S/C12H15F2NO2/c1-8-11(5-6-16-8)15-9-3-2-4-10(7-9)17-12(13)14/h2-4,7-8,11-12,15H,5-6H2,1H3. The van der Waals surface area contributed by atoms with Crippen LogP contribution in [0.25, 0.3) is 0 Å². The van der Waals surface area contributed by atoms with Gasteiger partial charge in [0.2, 0.25) is 0 Å². The van der Waals surface area contributed by atoms with E-state index in [4.69, 9.17) is 4.74 Å². The molecule has 2 atom stereocenters. The molecule has 1 aliphatic rings. The normalized spacial score (nSPS) is 24.0. The van der Waals surface area contributed by atoms with Gasteiger partial charge in [0.1, 0.15) is 5.75 Å². The number of rotatable bonds is 4. The second-order valence-electron chi connectivity index (χ2n) is 4.02. The number of nitrogens with one attached hydrogen (secondary N) is 1. The molecule has 3 nitrogen and oxygen atoms in total.